The lowest BCUT2D eigenvalue weighted by Crippen LogP contribution is -2.37. The fraction of sp³-hybridized carbons (Fsp3) is 0.467. The van der Waals surface area contributed by atoms with Gasteiger partial charge in [0.25, 0.3) is 5.91 Å². The molecule has 1 atom stereocenters. The molecule has 1 fully saturated rings. The Morgan fingerprint density at radius 3 is 2.55 bits per heavy atom. The van der Waals surface area contributed by atoms with Crippen LogP contribution >= 0.6 is 11.8 Å². The van der Waals surface area contributed by atoms with E-state index in [2.05, 4.69) is 5.32 Å². The first-order valence-electron chi connectivity index (χ1n) is 6.70. The highest BCUT2D eigenvalue weighted by Crippen LogP contribution is 2.32. The van der Waals surface area contributed by atoms with Crippen LogP contribution < -0.4 is 5.32 Å². The smallest absolute Gasteiger partial charge is 0.338 e. The van der Waals surface area contributed by atoms with Crippen LogP contribution in [0.3, 0.4) is 0 Å². The van der Waals surface area contributed by atoms with Gasteiger partial charge in [-0.2, -0.15) is 0 Å². The zero-order valence-electron chi connectivity index (χ0n) is 11.7. The normalized spacial score (nSPS) is 15.5. The molecule has 2 rings (SSSR count). The first-order valence-corrected chi connectivity index (χ1v) is 7.93. The molecule has 1 aliphatic carbocycles. The summed E-state index contributed by atoms with van der Waals surface area (Å²) in [5.41, 5.74) is 0.464. The van der Waals surface area contributed by atoms with Gasteiger partial charge in [0.15, 0.2) is 6.61 Å². The maximum atomic E-state index is 11.8. The average molecular weight is 293 g/mol. The van der Waals surface area contributed by atoms with E-state index in [1.54, 1.807) is 23.9 Å². The molecule has 0 aromatic heterocycles. The minimum Gasteiger partial charge on any atom is -0.452 e. The second kappa shape index (κ2) is 6.79. The van der Waals surface area contributed by atoms with E-state index in [-0.39, 0.29) is 18.6 Å². The standard InChI is InChI=1S/C15H19NO3S/c1-10(11-3-4-11)16-14(17)9-19-15(18)12-5-7-13(20-2)8-6-12/h5-8,10-11H,3-4,9H2,1-2H3,(H,16,17)/t10-/m0/s1. The van der Waals surface area contributed by atoms with Crippen LogP contribution in [0.5, 0.6) is 0 Å². The Balaban J connectivity index is 1.77. The number of hydrogen-bond donors (Lipinski definition) is 1. The summed E-state index contributed by atoms with van der Waals surface area (Å²) >= 11 is 1.61. The van der Waals surface area contributed by atoms with Crippen LogP contribution in [0.15, 0.2) is 29.2 Å². The molecule has 1 aromatic carbocycles. The van der Waals surface area contributed by atoms with Crippen molar-refractivity contribution in [3.8, 4) is 0 Å². The summed E-state index contributed by atoms with van der Waals surface area (Å²) in [5, 5.41) is 2.85. The minimum absolute atomic E-state index is 0.169. The molecule has 5 heteroatoms. The van der Waals surface area contributed by atoms with Crippen LogP contribution in [-0.2, 0) is 9.53 Å². The van der Waals surface area contributed by atoms with Crippen molar-refractivity contribution < 1.29 is 14.3 Å². The van der Waals surface area contributed by atoms with E-state index >= 15 is 0 Å². The number of benzene rings is 1. The van der Waals surface area contributed by atoms with Gasteiger partial charge in [-0.05, 0) is 56.2 Å². The van der Waals surface area contributed by atoms with Gasteiger partial charge < -0.3 is 10.1 Å². The summed E-state index contributed by atoms with van der Waals surface area (Å²) in [6.45, 7) is 1.76. The summed E-state index contributed by atoms with van der Waals surface area (Å²) < 4.78 is 5.01. The van der Waals surface area contributed by atoms with Gasteiger partial charge in [-0.15, -0.1) is 11.8 Å². The molecule has 1 saturated carbocycles. The quantitative estimate of drug-likeness (QED) is 0.646. The molecule has 1 aromatic rings. The van der Waals surface area contributed by atoms with Crippen molar-refractivity contribution in [3.05, 3.63) is 29.8 Å². The topological polar surface area (TPSA) is 55.4 Å². The third-order valence-corrected chi connectivity index (χ3v) is 4.12. The molecule has 108 valence electrons. The van der Waals surface area contributed by atoms with Crippen LogP contribution in [0.2, 0.25) is 0 Å². The SMILES string of the molecule is CSc1ccc(C(=O)OCC(=O)N[C@@H](C)C2CC2)cc1. The van der Waals surface area contributed by atoms with Crippen LogP contribution in [0.4, 0.5) is 0 Å². The highest BCUT2D eigenvalue weighted by Gasteiger charge is 2.28. The average Bonchev–Trinajstić information content (AvgIpc) is 3.29. The zero-order valence-corrected chi connectivity index (χ0v) is 12.5. The zero-order chi connectivity index (χ0) is 14.5. The molecule has 0 unspecified atom stereocenters. The predicted molar refractivity (Wildman–Crippen MR) is 78.8 cm³/mol. The number of rotatable bonds is 6. The number of amides is 1. The maximum absolute atomic E-state index is 11.8. The van der Waals surface area contributed by atoms with Crippen molar-refractivity contribution in [2.45, 2.75) is 30.7 Å². The van der Waals surface area contributed by atoms with E-state index in [0.717, 1.165) is 4.90 Å². The van der Waals surface area contributed by atoms with Crippen LogP contribution in [0.25, 0.3) is 0 Å². The second-order valence-electron chi connectivity index (χ2n) is 5.00. The number of nitrogens with one attached hydrogen (secondary N) is 1. The molecular weight excluding hydrogens is 274 g/mol. The summed E-state index contributed by atoms with van der Waals surface area (Å²) in [6.07, 6.45) is 4.31. The number of thioether (sulfide) groups is 1. The van der Waals surface area contributed by atoms with E-state index < -0.39 is 5.97 Å². The monoisotopic (exact) mass is 293 g/mol. The highest BCUT2D eigenvalue weighted by atomic mass is 32.2. The molecule has 0 heterocycles. The molecule has 0 radical (unpaired) electrons. The summed E-state index contributed by atoms with van der Waals surface area (Å²) in [4.78, 5) is 24.5. The van der Waals surface area contributed by atoms with E-state index in [1.807, 2.05) is 25.3 Å². The van der Waals surface area contributed by atoms with Gasteiger partial charge in [-0.25, -0.2) is 4.79 Å². The van der Waals surface area contributed by atoms with Gasteiger partial charge in [-0.1, -0.05) is 0 Å². The Morgan fingerprint density at radius 2 is 2.00 bits per heavy atom. The van der Waals surface area contributed by atoms with Crippen molar-refractivity contribution in [1.82, 2.24) is 5.32 Å². The second-order valence-corrected chi connectivity index (χ2v) is 5.88. The number of carbonyl (C=O) groups excluding carboxylic acids is 2. The molecule has 0 aliphatic heterocycles. The summed E-state index contributed by atoms with van der Waals surface area (Å²) in [6, 6.07) is 7.30. The highest BCUT2D eigenvalue weighted by molar-refractivity contribution is 7.98. The van der Waals surface area contributed by atoms with Gasteiger partial charge in [0.2, 0.25) is 0 Å². The number of ether oxygens (including phenoxy) is 1. The lowest BCUT2D eigenvalue weighted by molar-refractivity contribution is -0.124. The van der Waals surface area contributed by atoms with E-state index in [4.69, 9.17) is 4.74 Å². The van der Waals surface area contributed by atoms with Crippen LogP contribution in [0.1, 0.15) is 30.1 Å². The Labute approximate surface area is 123 Å². The lowest BCUT2D eigenvalue weighted by Gasteiger charge is -2.12. The Kier molecular flexibility index (Phi) is 5.06. The summed E-state index contributed by atoms with van der Waals surface area (Å²) in [7, 11) is 0. The van der Waals surface area contributed by atoms with Crippen LogP contribution in [0, 0.1) is 5.92 Å². The van der Waals surface area contributed by atoms with Gasteiger partial charge in [-0.3, -0.25) is 4.79 Å². The van der Waals surface area contributed by atoms with E-state index in [1.165, 1.54) is 12.8 Å². The van der Waals surface area contributed by atoms with Crippen molar-refractivity contribution in [3.63, 3.8) is 0 Å². The fourth-order valence-electron chi connectivity index (χ4n) is 1.95. The van der Waals surface area contributed by atoms with Gasteiger partial charge in [0, 0.05) is 10.9 Å². The maximum Gasteiger partial charge on any atom is 0.338 e. The Bertz CT molecular complexity index is 482. The largest absolute Gasteiger partial charge is 0.452 e. The number of hydrogen-bond acceptors (Lipinski definition) is 4. The first-order chi connectivity index (χ1) is 9.60. The van der Waals surface area contributed by atoms with Gasteiger partial charge in [0.1, 0.15) is 0 Å². The first kappa shape index (κ1) is 14.9. The summed E-state index contributed by atoms with van der Waals surface area (Å²) in [5.74, 6) is -0.112. The predicted octanol–water partition coefficient (Wildman–Crippen LogP) is 2.48. The third kappa shape index (κ3) is 4.27. The van der Waals surface area contributed by atoms with E-state index in [0.29, 0.717) is 11.5 Å². The Hall–Kier alpha value is -1.49. The third-order valence-electron chi connectivity index (χ3n) is 3.38. The molecule has 1 amide bonds. The fourth-order valence-corrected chi connectivity index (χ4v) is 2.36. The molecule has 20 heavy (non-hydrogen) atoms. The molecule has 0 bridgehead atoms. The minimum atomic E-state index is -0.466. The van der Waals surface area contributed by atoms with Gasteiger partial charge >= 0.3 is 5.97 Å². The van der Waals surface area contributed by atoms with Crippen molar-refractivity contribution in [2.24, 2.45) is 5.92 Å². The molecule has 4 nitrogen and oxygen atoms in total. The van der Waals surface area contributed by atoms with Gasteiger partial charge in [0.05, 0.1) is 5.56 Å². The van der Waals surface area contributed by atoms with Crippen molar-refractivity contribution in [1.29, 1.82) is 0 Å². The molecule has 1 N–H and O–H groups in total. The molecule has 0 spiro atoms. The van der Waals surface area contributed by atoms with E-state index in [9.17, 15) is 9.59 Å². The molecule has 1 aliphatic rings. The van der Waals surface area contributed by atoms with Crippen molar-refractivity contribution in [2.75, 3.05) is 12.9 Å². The Morgan fingerprint density at radius 1 is 1.35 bits per heavy atom. The van der Waals surface area contributed by atoms with Crippen molar-refractivity contribution >= 4 is 23.6 Å². The molecular formula is C15H19NO3S. The number of carbonyl (C=O) groups is 2. The lowest BCUT2D eigenvalue weighted by atomic mass is 10.2. The van der Waals surface area contributed by atoms with Crippen LogP contribution in [-0.4, -0.2) is 30.8 Å². The number of esters is 1. The molecule has 0 saturated heterocycles.